The summed E-state index contributed by atoms with van der Waals surface area (Å²) >= 11 is 3.04. The summed E-state index contributed by atoms with van der Waals surface area (Å²) in [6, 6.07) is 4.28. The van der Waals surface area contributed by atoms with Crippen molar-refractivity contribution in [2.75, 3.05) is 0 Å². The Balaban J connectivity index is 3.07. The SMILES string of the molecule is C[C@@H](N)[C@@H](O)c1cccc(Br)c1F. The quantitative estimate of drug-likeness (QED) is 0.840. The average Bonchev–Trinajstić information content (AvgIpc) is 2.08. The molecule has 2 nitrogen and oxygen atoms in total. The number of aliphatic hydroxyl groups excluding tert-OH is 1. The molecule has 0 saturated carbocycles. The van der Waals surface area contributed by atoms with Crippen molar-refractivity contribution >= 4 is 15.9 Å². The van der Waals surface area contributed by atoms with E-state index in [-0.39, 0.29) is 5.56 Å². The second-order valence-electron chi connectivity index (χ2n) is 2.95. The highest BCUT2D eigenvalue weighted by molar-refractivity contribution is 9.10. The highest BCUT2D eigenvalue weighted by atomic mass is 79.9. The van der Waals surface area contributed by atoms with Gasteiger partial charge in [-0.2, -0.15) is 0 Å². The van der Waals surface area contributed by atoms with Gasteiger partial charge in [0.15, 0.2) is 0 Å². The fraction of sp³-hybridized carbons (Fsp3) is 0.333. The zero-order valence-corrected chi connectivity index (χ0v) is 8.75. The zero-order chi connectivity index (χ0) is 10.0. The first kappa shape index (κ1) is 10.6. The third kappa shape index (κ3) is 2.27. The molecule has 0 unspecified atom stereocenters. The van der Waals surface area contributed by atoms with Crippen LogP contribution in [0.3, 0.4) is 0 Å². The van der Waals surface area contributed by atoms with E-state index in [0.717, 1.165) is 0 Å². The first-order chi connectivity index (χ1) is 6.04. The maximum atomic E-state index is 13.3. The first-order valence-corrected chi connectivity index (χ1v) is 4.71. The van der Waals surface area contributed by atoms with Gasteiger partial charge in [0.2, 0.25) is 0 Å². The van der Waals surface area contributed by atoms with Crippen LogP contribution in [0.5, 0.6) is 0 Å². The van der Waals surface area contributed by atoms with E-state index in [1.54, 1.807) is 19.1 Å². The van der Waals surface area contributed by atoms with E-state index in [4.69, 9.17) is 5.73 Å². The second kappa shape index (κ2) is 4.17. The van der Waals surface area contributed by atoms with Crippen LogP contribution in [0.25, 0.3) is 0 Å². The third-order valence-electron chi connectivity index (χ3n) is 1.80. The van der Waals surface area contributed by atoms with Crippen LogP contribution in [0.4, 0.5) is 4.39 Å². The molecular weight excluding hydrogens is 237 g/mol. The lowest BCUT2D eigenvalue weighted by atomic mass is 10.0. The normalized spacial score (nSPS) is 15.5. The van der Waals surface area contributed by atoms with Gasteiger partial charge in [-0.25, -0.2) is 4.39 Å². The van der Waals surface area contributed by atoms with Crippen molar-refractivity contribution in [2.24, 2.45) is 5.73 Å². The fourth-order valence-electron chi connectivity index (χ4n) is 1.03. The molecule has 1 aromatic rings. The van der Waals surface area contributed by atoms with Crippen molar-refractivity contribution in [2.45, 2.75) is 19.1 Å². The predicted octanol–water partition coefficient (Wildman–Crippen LogP) is 1.97. The summed E-state index contributed by atoms with van der Waals surface area (Å²) < 4.78 is 13.7. The largest absolute Gasteiger partial charge is 0.387 e. The van der Waals surface area contributed by atoms with E-state index in [2.05, 4.69) is 15.9 Å². The number of hydrogen-bond donors (Lipinski definition) is 2. The molecule has 0 aliphatic carbocycles. The van der Waals surface area contributed by atoms with Crippen LogP contribution < -0.4 is 5.73 Å². The summed E-state index contributed by atoms with van der Waals surface area (Å²) in [5.74, 6) is -0.452. The van der Waals surface area contributed by atoms with Gasteiger partial charge in [0, 0.05) is 11.6 Å². The van der Waals surface area contributed by atoms with E-state index in [9.17, 15) is 9.50 Å². The molecule has 0 aliphatic heterocycles. The van der Waals surface area contributed by atoms with Crippen LogP contribution in [0, 0.1) is 5.82 Å². The molecule has 3 N–H and O–H groups in total. The van der Waals surface area contributed by atoms with Crippen LogP contribution in [0.2, 0.25) is 0 Å². The fourth-order valence-corrected chi connectivity index (χ4v) is 1.41. The molecule has 1 aromatic carbocycles. The molecule has 0 saturated heterocycles. The number of rotatable bonds is 2. The molecule has 0 bridgehead atoms. The predicted molar refractivity (Wildman–Crippen MR) is 52.7 cm³/mol. The molecule has 72 valence electrons. The van der Waals surface area contributed by atoms with E-state index in [1.165, 1.54) is 6.07 Å². The molecule has 13 heavy (non-hydrogen) atoms. The van der Waals surface area contributed by atoms with Gasteiger partial charge in [0.25, 0.3) is 0 Å². The smallest absolute Gasteiger partial charge is 0.143 e. The monoisotopic (exact) mass is 247 g/mol. The minimum atomic E-state index is -0.961. The van der Waals surface area contributed by atoms with Crippen LogP contribution in [-0.2, 0) is 0 Å². The standard InChI is InChI=1S/C9H11BrFNO/c1-5(12)9(13)6-3-2-4-7(10)8(6)11/h2-5,9,13H,12H2,1H3/t5-,9-/m1/s1. The summed E-state index contributed by atoms with van der Waals surface area (Å²) in [5, 5.41) is 9.52. The van der Waals surface area contributed by atoms with Crippen molar-refractivity contribution in [3.05, 3.63) is 34.1 Å². The molecule has 0 spiro atoms. The molecule has 0 radical (unpaired) electrons. The number of benzene rings is 1. The number of hydrogen-bond acceptors (Lipinski definition) is 2. The highest BCUT2D eigenvalue weighted by Gasteiger charge is 2.17. The molecule has 4 heteroatoms. The van der Waals surface area contributed by atoms with Crippen LogP contribution >= 0.6 is 15.9 Å². The van der Waals surface area contributed by atoms with Crippen LogP contribution in [0.15, 0.2) is 22.7 Å². The molecule has 0 amide bonds. The Hall–Kier alpha value is -0.450. The average molecular weight is 248 g/mol. The van der Waals surface area contributed by atoms with Crippen molar-refractivity contribution in [1.82, 2.24) is 0 Å². The van der Waals surface area contributed by atoms with Crippen molar-refractivity contribution in [3.8, 4) is 0 Å². The molecule has 0 heterocycles. The third-order valence-corrected chi connectivity index (χ3v) is 2.41. The van der Waals surface area contributed by atoms with Crippen molar-refractivity contribution in [1.29, 1.82) is 0 Å². The van der Waals surface area contributed by atoms with Crippen LogP contribution in [0.1, 0.15) is 18.6 Å². The van der Waals surface area contributed by atoms with E-state index in [1.807, 2.05) is 0 Å². The van der Waals surface area contributed by atoms with Gasteiger partial charge in [-0.3, -0.25) is 0 Å². The Labute approximate surface area is 84.7 Å². The maximum Gasteiger partial charge on any atom is 0.143 e. The van der Waals surface area contributed by atoms with Gasteiger partial charge in [-0.1, -0.05) is 12.1 Å². The number of nitrogens with two attached hydrogens (primary N) is 1. The van der Waals surface area contributed by atoms with Gasteiger partial charge in [0.1, 0.15) is 5.82 Å². The minimum absolute atomic E-state index is 0.226. The lowest BCUT2D eigenvalue weighted by Crippen LogP contribution is -2.25. The summed E-state index contributed by atoms with van der Waals surface area (Å²) in [7, 11) is 0. The van der Waals surface area contributed by atoms with Crippen molar-refractivity contribution < 1.29 is 9.50 Å². The molecule has 1 rings (SSSR count). The lowest BCUT2D eigenvalue weighted by molar-refractivity contribution is 0.149. The summed E-state index contributed by atoms with van der Waals surface area (Å²) in [6.07, 6.45) is -0.961. The minimum Gasteiger partial charge on any atom is -0.387 e. The van der Waals surface area contributed by atoms with Gasteiger partial charge in [-0.05, 0) is 28.9 Å². The van der Waals surface area contributed by atoms with E-state index in [0.29, 0.717) is 4.47 Å². The molecule has 0 aromatic heterocycles. The topological polar surface area (TPSA) is 46.2 Å². The van der Waals surface area contributed by atoms with E-state index < -0.39 is 18.0 Å². The van der Waals surface area contributed by atoms with E-state index >= 15 is 0 Å². The lowest BCUT2D eigenvalue weighted by Gasteiger charge is -2.15. The Morgan fingerprint density at radius 1 is 1.54 bits per heavy atom. The van der Waals surface area contributed by atoms with Crippen LogP contribution in [-0.4, -0.2) is 11.1 Å². The molecule has 0 aliphatic rings. The molecular formula is C9H11BrFNO. The zero-order valence-electron chi connectivity index (χ0n) is 7.17. The second-order valence-corrected chi connectivity index (χ2v) is 3.80. The Morgan fingerprint density at radius 3 is 2.69 bits per heavy atom. The Morgan fingerprint density at radius 2 is 2.15 bits per heavy atom. The number of aliphatic hydroxyl groups is 1. The number of halogens is 2. The van der Waals surface area contributed by atoms with Crippen molar-refractivity contribution in [3.63, 3.8) is 0 Å². The first-order valence-electron chi connectivity index (χ1n) is 3.91. The van der Waals surface area contributed by atoms with Gasteiger partial charge in [-0.15, -0.1) is 0 Å². The summed E-state index contributed by atoms with van der Waals surface area (Å²) in [6.45, 7) is 1.63. The molecule has 0 fully saturated rings. The Kier molecular flexibility index (Phi) is 3.41. The highest BCUT2D eigenvalue weighted by Crippen LogP contribution is 2.24. The van der Waals surface area contributed by atoms with Gasteiger partial charge < -0.3 is 10.8 Å². The summed E-state index contributed by atoms with van der Waals surface area (Å²) in [5.41, 5.74) is 5.68. The summed E-state index contributed by atoms with van der Waals surface area (Å²) in [4.78, 5) is 0. The Bertz CT molecular complexity index is 304. The molecule has 2 atom stereocenters. The maximum absolute atomic E-state index is 13.3. The van der Waals surface area contributed by atoms with Gasteiger partial charge in [0.05, 0.1) is 10.6 Å². The van der Waals surface area contributed by atoms with Gasteiger partial charge >= 0.3 is 0 Å².